The summed E-state index contributed by atoms with van der Waals surface area (Å²) in [5.41, 5.74) is 3.37. The zero-order valence-electron chi connectivity index (χ0n) is 26.5. The number of hydrogen-bond acceptors (Lipinski definition) is 8. The van der Waals surface area contributed by atoms with Gasteiger partial charge in [0.2, 0.25) is 23.0 Å². The molecule has 0 spiro atoms. The molecule has 0 bridgehead atoms. The second kappa shape index (κ2) is 16.0. The Hall–Kier alpha value is -4.28. The zero-order chi connectivity index (χ0) is 32.4. The maximum Gasteiger partial charge on any atom is 0.326 e. The molecule has 1 aliphatic rings. The molecule has 0 fully saturated rings. The SMILES string of the molecule is CC[C@H](C)[C@@H](NC(=O)CCCCCNc1ccc2c(cc1=O)[C@H](NC(C)=O)CCc1cc(OC)c(OC)c(OC)c1-2)C(=O)O. The minimum Gasteiger partial charge on any atom is -0.493 e. The summed E-state index contributed by atoms with van der Waals surface area (Å²) in [6, 6.07) is 5.81. The highest BCUT2D eigenvalue weighted by Crippen LogP contribution is 2.50. The molecule has 240 valence electrons. The van der Waals surface area contributed by atoms with Crippen molar-refractivity contribution >= 4 is 23.5 Å². The molecule has 0 aliphatic heterocycles. The Morgan fingerprint density at radius 2 is 1.75 bits per heavy atom. The van der Waals surface area contributed by atoms with Crippen LogP contribution in [0.15, 0.2) is 29.1 Å². The Morgan fingerprint density at radius 1 is 1.02 bits per heavy atom. The third-order valence-corrected chi connectivity index (χ3v) is 8.11. The number of benzene rings is 1. The normalized spacial score (nSPS) is 15.0. The van der Waals surface area contributed by atoms with Crippen molar-refractivity contribution in [3.05, 3.63) is 45.6 Å². The highest BCUT2D eigenvalue weighted by atomic mass is 16.5. The van der Waals surface area contributed by atoms with Gasteiger partial charge in [-0.25, -0.2) is 4.79 Å². The molecule has 11 heteroatoms. The van der Waals surface area contributed by atoms with Crippen LogP contribution in [0.4, 0.5) is 5.69 Å². The number of aryl methyl sites for hydroxylation is 1. The lowest BCUT2D eigenvalue weighted by Crippen LogP contribution is -2.44. The largest absolute Gasteiger partial charge is 0.493 e. The van der Waals surface area contributed by atoms with E-state index in [1.165, 1.54) is 6.92 Å². The van der Waals surface area contributed by atoms with E-state index in [0.29, 0.717) is 67.1 Å². The number of anilines is 1. The molecule has 4 N–H and O–H groups in total. The van der Waals surface area contributed by atoms with Crippen LogP contribution in [0.3, 0.4) is 0 Å². The van der Waals surface area contributed by atoms with Gasteiger partial charge in [0.1, 0.15) is 6.04 Å². The fourth-order valence-electron chi connectivity index (χ4n) is 5.59. The highest BCUT2D eigenvalue weighted by Gasteiger charge is 2.29. The predicted molar refractivity (Wildman–Crippen MR) is 169 cm³/mol. The van der Waals surface area contributed by atoms with E-state index in [2.05, 4.69) is 16.0 Å². The Balaban J connectivity index is 1.80. The van der Waals surface area contributed by atoms with Crippen molar-refractivity contribution in [1.29, 1.82) is 0 Å². The Kier molecular flexibility index (Phi) is 12.4. The molecule has 11 nitrogen and oxygen atoms in total. The molecule has 1 aliphatic carbocycles. The monoisotopic (exact) mass is 611 g/mol. The first kappa shape index (κ1) is 34.2. The van der Waals surface area contributed by atoms with Crippen LogP contribution in [-0.4, -0.2) is 56.8 Å². The summed E-state index contributed by atoms with van der Waals surface area (Å²) >= 11 is 0. The maximum atomic E-state index is 13.4. The molecule has 0 saturated carbocycles. The Bertz CT molecular complexity index is 1410. The number of carbonyl (C=O) groups is 3. The predicted octanol–water partition coefficient (Wildman–Crippen LogP) is 4.45. The van der Waals surface area contributed by atoms with Crippen molar-refractivity contribution in [3.63, 3.8) is 0 Å². The quantitative estimate of drug-likeness (QED) is 0.214. The maximum absolute atomic E-state index is 13.4. The van der Waals surface area contributed by atoms with Gasteiger partial charge in [-0.15, -0.1) is 0 Å². The molecule has 0 unspecified atom stereocenters. The van der Waals surface area contributed by atoms with Gasteiger partial charge in [0.05, 0.1) is 33.1 Å². The fraction of sp³-hybridized carbons (Fsp3) is 0.515. The lowest BCUT2D eigenvalue weighted by Gasteiger charge is -2.20. The molecular weight excluding hydrogens is 566 g/mol. The van der Waals surface area contributed by atoms with Gasteiger partial charge in [-0.3, -0.25) is 14.4 Å². The van der Waals surface area contributed by atoms with Crippen LogP contribution in [0, 0.1) is 5.92 Å². The average molecular weight is 612 g/mol. The number of nitrogens with one attached hydrogen (secondary N) is 3. The highest BCUT2D eigenvalue weighted by molar-refractivity contribution is 5.84. The van der Waals surface area contributed by atoms with Crippen molar-refractivity contribution in [3.8, 4) is 28.4 Å². The van der Waals surface area contributed by atoms with Gasteiger partial charge < -0.3 is 35.3 Å². The topological polar surface area (TPSA) is 152 Å². The summed E-state index contributed by atoms with van der Waals surface area (Å²) in [7, 11) is 4.66. The number of amides is 2. The summed E-state index contributed by atoms with van der Waals surface area (Å²) in [6.07, 6.45) is 4.11. The molecule has 3 rings (SSSR count). The average Bonchev–Trinajstić information content (AvgIpc) is 3.24. The van der Waals surface area contributed by atoms with Crippen LogP contribution in [-0.2, 0) is 20.8 Å². The van der Waals surface area contributed by atoms with E-state index < -0.39 is 18.1 Å². The van der Waals surface area contributed by atoms with Gasteiger partial charge >= 0.3 is 5.97 Å². The van der Waals surface area contributed by atoms with Gasteiger partial charge in [-0.1, -0.05) is 32.8 Å². The summed E-state index contributed by atoms with van der Waals surface area (Å²) in [6.45, 7) is 5.66. The fourth-order valence-corrected chi connectivity index (χ4v) is 5.59. The van der Waals surface area contributed by atoms with Crippen molar-refractivity contribution in [2.45, 2.75) is 77.8 Å². The Labute approximate surface area is 258 Å². The molecule has 44 heavy (non-hydrogen) atoms. The van der Waals surface area contributed by atoms with Crippen LogP contribution < -0.4 is 35.6 Å². The van der Waals surface area contributed by atoms with Gasteiger partial charge in [0, 0.05) is 25.5 Å². The molecule has 3 atom stereocenters. The van der Waals surface area contributed by atoms with E-state index in [0.717, 1.165) is 23.1 Å². The third-order valence-electron chi connectivity index (χ3n) is 8.11. The molecular formula is C33H45N3O8. The molecule has 0 saturated heterocycles. The van der Waals surface area contributed by atoms with Crippen molar-refractivity contribution in [2.75, 3.05) is 33.2 Å². The number of unbranched alkanes of at least 4 members (excludes halogenated alkanes) is 2. The minimum absolute atomic E-state index is 0.155. The first-order valence-corrected chi connectivity index (χ1v) is 15.1. The second-order valence-electron chi connectivity index (χ2n) is 11.1. The second-order valence-corrected chi connectivity index (χ2v) is 11.1. The van der Waals surface area contributed by atoms with Crippen LogP contribution >= 0.6 is 0 Å². The van der Waals surface area contributed by atoms with Crippen LogP contribution in [0.25, 0.3) is 11.1 Å². The summed E-state index contributed by atoms with van der Waals surface area (Å²) in [5, 5.41) is 18.2. The number of rotatable bonds is 15. The molecule has 0 radical (unpaired) electrons. The standard InChI is InChI=1S/C33H45N3O8/c1-7-19(2)30(33(40)41)36-28(39)11-9-8-10-16-34-25-15-13-22-23(18-26(25)38)24(35-20(3)37)14-12-21-17-27(42-4)31(43-5)32(44-6)29(21)22/h13,15,17-19,24,30H,7-12,14,16H2,1-6H3,(H,34,38)(H,35,37)(H,36,39)(H,40,41)/t19-,24+,30+/m0/s1. The van der Waals surface area contributed by atoms with E-state index in [1.54, 1.807) is 40.4 Å². The number of ether oxygens (including phenoxy) is 3. The summed E-state index contributed by atoms with van der Waals surface area (Å²) < 4.78 is 17.0. The lowest BCUT2D eigenvalue weighted by molar-refractivity contribution is -0.143. The summed E-state index contributed by atoms with van der Waals surface area (Å²) in [4.78, 5) is 49.3. The van der Waals surface area contributed by atoms with E-state index in [-0.39, 0.29) is 29.6 Å². The zero-order valence-corrected chi connectivity index (χ0v) is 26.5. The van der Waals surface area contributed by atoms with Crippen LogP contribution in [0.1, 0.15) is 76.5 Å². The van der Waals surface area contributed by atoms with Crippen LogP contribution in [0.5, 0.6) is 17.2 Å². The molecule has 0 aromatic heterocycles. The van der Waals surface area contributed by atoms with E-state index in [9.17, 15) is 24.3 Å². The van der Waals surface area contributed by atoms with E-state index in [1.807, 2.05) is 19.1 Å². The molecule has 2 amide bonds. The molecule has 2 aromatic carbocycles. The number of aliphatic carboxylic acids is 1. The number of hydrogen-bond donors (Lipinski definition) is 4. The van der Waals surface area contributed by atoms with Gasteiger partial charge in [-0.2, -0.15) is 0 Å². The number of carboxylic acids is 1. The smallest absolute Gasteiger partial charge is 0.326 e. The van der Waals surface area contributed by atoms with Crippen molar-refractivity contribution in [1.82, 2.24) is 10.6 Å². The minimum atomic E-state index is -1.03. The number of fused-ring (bicyclic) bond motifs is 3. The Morgan fingerprint density at radius 3 is 2.36 bits per heavy atom. The van der Waals surface area contributed by atoms with Crippen molar-refractivity contribution in [2.24, 2.45) is 5.92 Å². The number of carbonyl (C=O) groups excluding carboxylic acids is 2. The molecule has 0 heterocycles. The van der Waals surface area contributed by atoms with Gasteiger partial charge in [0.25, 0.3) is 0 Å². The van der Waals surface area contributed by atoms with Gasteiger partial charge in [-0.05, 0) is 66.5 Å². The lowest BCUT2D eigenvalue weighted by atomic mass is 9.95. The van der Waals surface area contributed by atoms with Gasteiger partial charge in [0.15, 0.2) is 11.5 Å². The molecule has 2 aromatic rings. The first-order chi connectivity index (χ1) is 21.1. The number of methoxy groups -OCH3 is 3. The van der Waals surface area contributed by atoms with Crippen molar-refractivity contribution < 1.29 is 33.7 Å². The third kappa shape index (κ3) is 8.21. The van der Waals surface area contributed by atoms with E-state index in [4.69, 9.17) is 14.2 Å². The number of carboxylic acid groups (broad SMARTS) is 1. The van der Waals surface area contributed by atoms with Crippen LogP contribution in [0.2, 0.25) is 0 Å². The van der Waals surface area contributed by atoms with E-state index >= 15 is 0 Å². The summed E-state index contributed by atoms with van der Waals surface area (Å²) in [5.74, 6) is -0.190. The first-order valence-electron chi connectivity index (χ1n) is 15.1.